The zero-order valence-corrected chi connectivity index (χ0v) is 13.9. The van der Waals surface area contributed by atoms with E-state index < -0.39 is 5.97 Å². The molecule has 4 aromatic rings. The van der Waals surface area contributed by atoms with Gasteiger partial charge in [0, 0.05) is 10.8 Å². The van der Waals surface area contributed by atoms with E-state index in [1.54, 1.807) is 20.0 Å². The third-order valence-corrected chi connectivity index (χ3v) is 5.08. The Labute approximate surface area is 140 Å². The summed E-state index contributed by atoms with van der Waals surface area (Å²) in [7, 11) is 0. The molecule has 0 bridgehead atoms. The van der Waals surface area contributed by atoms with Gasteiger partial charge >= 0.3 is 5.97 Å². The summed E-state index contributed by atoms with van der Waals surface area (Å²) < 4.78 is 6.36. The third kappa shape index (κ3) is 2.01. The Morgan fingerprint density at radius 1 is 1.33 bits per heavy atom. The molecule has 0 radical (unpaired) electrons. The highest BCUT2D eigenvalue weighted by Crippen LogP contribution is 2.29. The Bertz CT molecular complexity index is 1180. The molecular weight excluding hydrogens is 326 g/mol. The molecule has 0 aliphatic carbocycles. The first kappa shape index (κ1) is 14.8. The number of fused-ring (bicyclic) bond motifs is 4. The average molecular weight is 339 g/mol. The lowest BCUT2D eigenvalue weighted by Gasteiger charge is -2.03. The number of aromatic nitrogens is 3. The number of esters is 1. The van der Waals surface area contributed by atoms with Crippen molar-refractivity contribution in [2.24, 2.45) is 0 Å². The molecule has 6 nitrogen and oxygen atoms in total. The zero-order valence-electron chi connectivity index (χ0n) is 13.1. The van der Waals surface area contributed by atoms with Crippen LogP contribution < -0.4 is 5.56 Å². The lowest BCUT2D eigenvalue weighted by Crippen LogP contribution is -2.18. The van der Waals surface area contributed by atoms with Crippen molar-refractivity contribution >= 4 is 43.9 Å². The summed E-state index contributed by atoms with van der Waals surface area (Å²) >= 11 is 1.18. The Balaban J connectivity index is 2.13. The maximum atomic E-state index is 12.9. The van der Waals surface area contributed by atoms with E-state index in [0.717, 1.165) is 10.8 Å². The molecule has 1 aromatic carbocycles. The van der Waals surface area contributed by atoms with E-state index in [9.17, 15) is 9.59 Å². The molecule has 0 unspecified atom stereocenters. The highest BCUT2D eigenvalue weighted by atomic mass is 32.1. The van der Waals surface area contributed by atoms with Crippen LogP contribution >= 0.6 is 11.3 Å². The van der Waals surface area contributed by atoms with Crippen molar-refractivity contribution in [2.45, 2.75) is 13.8 Å². The number of carbonyl (C=O) groups excluding carboxylic acids is 1. The van der Waals surface area contributed by atoms with E-state index in [-0.39, 0.29) is 12.2 Å². The smallest absolute Gasteiger partial charge is 0.348 e. The van der Waals surface area contributed by atoms with Gasteiger partial charge in [-0.2, -0.15) is 9.61 Å². The number of thiophene rings is 1. The third-order valence-electron chi connectivity index (χ3n) is 3.92. The molecule has 0 saturated carbocycles. The number of hydrogen-bond donors (Lipinski definition) is 0. The summed E-state index contributed by atoms with van der Waals surface area (Å²) in [5, 5.41) is 6.39. The monoisotopic (exact) mass is 339 g/mol. The van der Waals surface area contributed by atoms with Crippen LogP contribution in [-0.2, 0) is 4.74 Å². The number of rotatable bonds is 2. The van der Waals surface area contributed by atoms with Gasteiger partial charge in [-0.1, -0.05) is 24.3 Å². The predicted octanol–water partition coefficient (Wildman–Crippen LogP) is 2.94. The number of nitrogens with zero attached hydrogens (tertiary/aromatic N) is 3. The second-order valence-corrected chi connectivity index (χ2v) is 6.34. The molecule has 0 fully saturated rings. The molecular formula is C17H13N3O3S. The van der Waals surface area contributed by atoms with Gasteiger partial charge in [-0.15, -0.1) is 11.3 Å². The van der Waals surface area contributed by atoms with Crippen molar-refractivity contribution in [3.8, 4) is 0 Å². The van der Waals surface area contributed by atoms with Gasteiger partial charge in [-0.3, -0.25) is 4.79 Å². The highest BCUT2D eigenvalue weighted by molar-refractivity contribution is 7.20. The van der Waals surface area contributed by atoms with Crippen LogP contribution in [0.5, 0.6) is 0 Å². The van der Waals surface area contributed by atoms with Gasteiger partial charge < -0.3 is 4.74 Å². The van der Waals surface area contributed by atoms with E-state index >= 15 is 0 Å². The van der Waals surface area contributed by atoms with Gasteiger partial charge in [0.1, 0.15) is 9.71 Å². The molecule has 0 spiro atoms. The van der Waals surface area contributed by atoms with Crippen LogP contribution in [0, 0.1) is 6.92 Å². The van der Waals surface area contributed by atoms with Gasteiger partial charge in [-0.25, -0.2) is 9.78 Å². The molecule has 3 aromatic heterocycles. The summed E-state index contributed by atoms with van der Waals surface area (Å²) in [6.45, 7) is 3.77. The molecule has 120 valence electrons. The van der Waals surface area contributed by atoms with Gasteiger partial charge in [0.05, 0.1) is 18.2 Å². The minimum absolute atomic E-state index is 0.273. The Kier molecular flexibility index (Phi) is 3.31. The fourth-order valence-electron chi connectivity index (χ4n) is 2.78. The lowest BCUT2D eigenvalue weighted by atomic mass is 10.2. The fourth-order valence-corrected chi connectivity index (χ4v) is 3.85. The van der Waals surface area contributed by atoms with Gasteiger partial charge in [0.25, 0.3) is 5.56 Å². The Hall–Kier alpha value is -2.80. The minimum atomic E-state index is -0.427. The molecule has 7 heteroatoms. The predicted molar refractivity (Wildman–Crippen MR) is 92.8 cm³/mol. The van der Waals surface area contributed by atoms with Crippen molar-refractivity contribution in [1.82, 2.24) is 14.6 Å². The van der Waals surface area contributed by atoms with Crippen LogP contribution in [0.4, 0.5) is 0 Å². The van der Waals surface area contributed by atoms with Crippen LogP contribution in [-0.4, -0.2) is 27.2 Å². The largest absolute Gasteiger partial charge is 0.462 e. The second-order valence-electron chi connectivity index (χ2n) is 5.34. The molecule has 0 aliphatic heterocycles. The van der Waals surface area contributed by atoms with Gasteiger partial charge in [0.2, 0.25) is 0 Å². The molecule has 0 saturated heterocycles. The number of benzene rings is 1. The number of aryl methyl sites for hydroxylation is 1. The molecule has 0 amide bonds. The van der Waals surface area contributed by atoms with E-state index in [4.69, 9.17) is 4.74 Å². The van der Waals surface area contributed by atoms with E-state index in [2.05, 4.69) is 10.1 Å². The summed E-state index contributed by atoms with van der Waals surface area (Å²) in [6, 6.07) is 7.62. The van der Waals surface area contributed by atoms with Crippen molar-refractivity contribution in [1.29, 1.82) is 0 Å². The maximum absolute atomic E-state index is 12.9. The standard InChI is InChI=1S/C17H13N3O3S/c1-3-23-17(22)13-9(2)12-15(24-13)19-14-11-7-5-4-6-10(11)8-18-20(14)16(12)21/h4-8H,3H2,1-2H3. The topological polar surface area (TPSA) is 73.6 Å². The number of carbonyl (C=O) groups is 1. The number of ether oxygens (including phenoxy) is 1. The average Bonchev–Trinajstić information content (AvgIpc) is 2.92. The number of hydrogen-bond acceptors (Lipinski definition) is 6. The van der Waals surface area contributed by atoms with Crippen molar-refractivity contribution in [3.63, 3.8) is 0 Å². The molecule has 24 heavy (non-hydrogen) atoms. The molecule has 0 atom stereocenters. The van der Waals surface area contributed by atoms with Crippen LogP contribution in [0.1, 0.15) is 22.2 Å². The van der Waals surface area contributed by atoms with Crippen LogP contribution in [0.3, 0.4) is 0 Å². The molecule has 3 heterocycles. The van der Waals surface area contributed by atoms with Crippen LogP contribution in [0.2, 0.25) is 0 Å². The van der Waals surface area contributed by atoms with Crippen molar-refractivity contribution in [2.75, 3.05) is 6.61 Å². The van der Waals surface area contributed by atoms with E-state index in [1.165, 1.54) is 15.9 Å². The first-order valence-electron chi connectivity index (χ1n) is 7.49. The fraction of sp³-hybridized carbons (Fsp3) is 0.176. The molecule has 0 N–H and O–H groups in total. The summed E-state index contributed by atoms with van der Waals surface area (Å²) in [5.74, 6) is -0.427. The molecule has 0 aliphatic rings. The van der Waals surface area contributed by atoms with E-state index in [1.807, 2.05) is 24.3 Å². The summed E-state index contributed by atoms with van der Waals surface area (Å²) in [6.07, 6.45) is 1.64. The van der Waals surface area contributed by atoms with Gasteiger partial charge in [0.15, 0.2) is 5.65 Å². The van der Waals surface area contributed by atoms with Gasteiger partial charge in [-0.05, 0) is 19.4 Å². The molecule has 4 rings (SSSR count). The van der Waals surface area contributed by atoms with Crippen LogP contribution in [0.15, 0.2) is 35.3 Å². The first-order valence-corrected chi connectivity index (χ1v) is 8.30. The highest BCUT2D eigenvalue weighted by Gasteiger charge is 2.21. The SMILES string of the molecule is CCOC(=O)c1sc2nc3c4ccccc4cnn3c(=O)c2c1C. The quantitative estimate of drug-likeness (QED) is 0.415. The lowest BCUT2D eigenvalue weighted by molar-refractivity contribution is 0.0531. The first-order chi connectivity index (χ1) is 11.6. The second kappa shape index (κ2) is 5.38. The Morgan fingerprint density at radius 3 is 2.92 bits per heavy atom. The minimum Gasteiger partial charge on any atom is -0.462 e. The van der Waals surface area contributed by atoms with Crippen LogP contribution in [0.25, 0.3) is 26.6 Å². The van der Waals surface area contributed by atoms with Crippen molar-refractivity contribution in [3.05, 3.63) is 51.3 Å². The normalized spacial score (nSPS) is 11.4. The van der Waals surface area contributed by atoms with E-state index in [0.29, 0.717) is 26.3 Å². The summed E-state index contributed by atoms with van der Waals surface area (Å²) in [4.78, 5) is 30.5. The van der Waals surface area contributed by atoms with Crippen molar-refractivity contribution < 1.29 is 9.53 Å². The maximum Gasteiger partial charge on any atom is 0.348 e. The summed E-state index contributed by atoms with van der Waals surface area (Å²) in [5.41, 5.74) is 0.808. The Morgan fingerprint density at radius 2 is 2.12 bits per heavy atom. The zero-order chi connectivity index (χ0) is 16.8.